The normalized spacial score (nSPS) is 14.6. The van der Waals surface area contributed by atoms with Crippen molar-refractivity contribution < 1.29 is 13.2 Å². The first kappa shape index (κ1) is 25.8. The third-order valence-electron chi connectivity index (χ3n) is 6.23. The number of aromatic nitrogens is 3. The van der Waals surface area contributed by atoms with E-state index in [1.54, 1.807) is 18.3 Å². The fraction of sp³-hybridized carbons (Fsp3) is 0.423. The molecule has 0 atom stereocenters. The molecule has 0 N–H and O–H groups in total. The number of hydrogen-bond acceptors (Lipinski definition) is 7. The summed E-state index contributed by atoms with van der Waals surface area (Å²) in [5.41, 5.74) is 0.930. The van der Waals surface area contributed by atoms with Gasteiger partial charge in [0.2, 0.25) is 5.75 Å². The van der Waals surface area contributed by atoms with E-state index in [1.807, 2.05) is 35.2 Å². The number of para-hydroxylation sites is 1. The van der Waals surface area contributed by atoms with Gasteiger partial charge in [0.1, 0.15) is 5.69 Å². The van der Waals surface area contributed by atoms with Crippen LogP contribution < -0.4 is 15.2 Å². The van der Waals surface area contributed by atoms with Gasteiger partial charge in [0, 0.05) is 32.4 Å². The molecule has 1 aliphatic rings. The topological polar surface area (TPSA) is 97.6 Å². The molecule has 10 heteroatoms. The predicted molar refractivity (Wildman–Crippen MR) is 139 cm³/mol. The molecular formula is C26H33N5O4S. The third kappa shape index (κ3) is 5.93. The lowest BCUT2D eigenvalue weighted by Crippen LogP contribution is -2.49. The van der Waals surface area contributed by atoms with Gasteiger partial charge in [-0.3, -0.25) is 4.79 Å². The second-order valence-corrected chi connectivity index (χ2v) is 10.6. The number of piperazine rings is 1. The first-order chi connectivity index (χ1) is 17.5. The summed E-state index contributed by atoms with van der Waals surface area (Å²) in [5, 5.41) is 4.45. The van der Waals surface area contributed by atoms with Crippen LogP contribution in [0.2, 0.25) is 0 Å². The summed E-state index contributed by atoms with van der Waals surface area (Å²) in [6.07, 6.45) is 8.52. The lowest BCUT2D eigenvalue weighted by atomic mass is 10.2. The molecule has 2 aromatic heterocycles. The zero-order valence-corrected chi connectivity index (χ0v) is 21.4. The van der Waals surface area contributed by atoms with Gasteiger partial charge in [-0.05, 0) is 30.7 Å². The van der Waals surface area contributed by atoms with E-state index in [0.717, 1.165) is 19.3 Å². The molecule has 36 heavy (non-hydrogen) atoms. The molecule has 0 unspecified atom stereocenters. The summed E-state index contributed by atoms with van der Waals surface area (Å²) in [5.74, 6) is 0.255. The molecule has 9 nitrogen and oxygen atoms in total. The number of benzene rings is 1. The summed E-state index contributed by atoms with van der Waals surface area (Å²) in [4.78, 5) is 19.4. The SMILES string of the molecule is CCCCCCCOc1c(N2CCN(S(=O)(=O)c3ccccn3)CC2)cnn(-c2ccccc2)c1=O. The highest BCUT2D eigenvalue weighted by Gasteiger charge is 2.31. The smallest absolute Gasteiger partial charge is 0.316 e. The zero-order valence-electron chi connectivity index (χ0n) is 20.6. The van der Waals surface area contributed by atoms with Crippen molar-refractivity contribution in [2.75, 3.05) is 37.7 Å². The Bertz CT molecular complexity index is 1270. The van der Waals surface area contributed by atoms with Gasteiger partial charge in [0.05, 0.1) is 18.5 Å². The summed E-state index contributed by atoms with van der Waals surface area (Å²) in [7, 11) is -3.67. The summed E-state index contributed by atoms with van der Waals surface area (Å²) in [6.45, 7) is 3.99. The first-order valence-electron chi connectivity index (χ1n) is 12.5. The van der Waals surface area contributed by atoms with E-state index in [0.29, 0.717) is 31.1 Å². The van der Waals surface area contributed by atoms with Crippen molar-refractivity contribution in [3.05, 3.63) is 71.3 Å². The van der Waals surface area contributed by atoms with Crippen molar-refractivity contribution in [2.45, 2.75) is 44.1 Å². The molecule has 1 aliphatic heterocycles. The van der Waals surface area contributed by atoms with Crippen LogP contribution in [0.1, 0.15) is 39.0 Å². The van der Waals surface area contributed by atoms with E-state index in [4.69, 9.17) is 4.74 Å². The number of nitrogens with zero attached hydrogens (tertiary/aromatic N) is 5. The van der Waals surface area contributed by atoms with Crippen molar-refractivity contribution in [1.82, 2.24) is 19.1 Å². The van der Waals surface area contributed by atoms with Crippen LogP contribution in [0.5, 0.6) is 5.75 Å². The molecule has 0 amide bonds. The Morgan fingerprint density at radius 1 is 0.917 bits per heavy atom. The highest BCUT2D eigenvalue weighted by atomic mass is 32.2. The molecule has 0 bridgehead atoms. The minimum Gasteiger partial charge on any atom is -0.486 e. The average Bonchev–Trinajstić information content (AvgIpc) is 2.92. The van der Waals surface area contributed by atoms with Gasteiger partial charge < -0.3 is 9.64 Å². The standard InChI is InChI=1S/C26H33N5O4S/c1-2-3-4-5-11-20-35-25-23(21-28-31(26(25)32)22-12-7-6-8-13-22)29-16-18-30(19-17-29)36(33,34)24-14-9-10-15-27-24/h6-10,12-15,21H,2-5,11,16-20H2,1H3. The zero-order chi connectivity index (χ0) is 25.4. The van der Waals surface area contributed by atoms with Crippen molar-refractivity contribution in [3.8, 4) is 11.4 Å². The Hall–Kier alpha value is -3.24. The fourth-order valence-corrected chi connectivity index (χ4v) is 5.58. The minimum atomic E-state index is -3.67. The Morgan fingerprint density at radius 3 is 2.33 bits per heavy atom. The van der Waals surface area contributed by atoms with Gasteiger partial charge in [-0.1, -0.05) is 56.9 Å². The number of sulfonamides is 1. The molecule has 4 rings (SSSR count). The van der Waals surface area contributed by atoms with Crippen molar-refractivity contribution in [3.63, 3.8) is 0 Å². The maximum Gasteiger partial charge on any atom is 0.316 e. The molecule has 0 spiro atoms. The molecule has 192 valence electrons. The van der Waals surface area contributed by atoms with Gasteiger partial charge in [0.25, 0.3) is 10.0 Å². The van der Waals surface area contributed by atoms with Gasteiger partial charge in [-0.25, -0.2) is 13.4 Å². The maximum atomic E-state index is 13.4. The van der Waals surface area contributed by atoms with Crippen LogP contribution in [0.3, 0.4) is 0 Å². The maximum absolute atomic E-state index is 13.4. The van der Waals surface area contributed by atoms with Crippen LogP contribution in [-0.4, -0.2) is 60.3 Å². The molecule has 3 aromatic rings. The molecule has 1 saturated heterocycles. The second-order valence-electron chi connectivity index (χ2n) is 8.73. The van der Waals surface area contributed by atoms with Gasteiger partial charge in [0.15, 0.2) is 5.03 Å². The van der Waals surface area contributed by atoms with E-state index < -0.39 is 10.0 Å². The van der Waals surface area contributed by atoms with Crippen LogP contribution in [0, 0.1) is 0 Å². The van der Waals surface area contributed by atoms with Gasteiger partial charge in [-0.2, -0.15) is 14.1 Å². The van der Waals surface area contributed by atoms with Gasteiger partial charge >= 0.3 is 5.56 Å². The van der Waals surface area contributed by atoms with Crippen LogP contribution in [0.15, 0.2) is 70.7 Å². The van der Waals surface area contributed by atoms with Crippen molar-refractivity contribution >= 4 is 15.7 Å². The van der Waals surface area contributed by atoms with Crippen molar-refractivity contribution in [2.24, 2.45) is 0 Å². The number of unbranched alkanes of at least 4 members (excludes halogenated alkanes) is 4. The van der Waals surface area contributed by atoms with Crippen LogP contribution in [0.4, 0.5) is 5.69 Å². The van der Waals surface area contributed by atoms with E-state index in [-0.39, 0.29) is 29.4 Å². The Morgan fingerprint density at radius 2 is 1.64 bits per heavy atom. The monoisotopic (exact) mass is 511 g/mol. The molecule has 0 saturated carbocycles. The highest BCUT2D eigenvalue weighted by molar-refractivity contribution is 7.89. The van der Waals surface area contributed by atoms with E-state index in [2.05, 4.69) is 17.0 Å². The molecule has 0 radical (unpaired) electrons. The molecule has 3 heterocycles. The average molecular weight is 512 g/mol. The van der Waals surface area contributed by atoms with E-state index in [1.165, 1.54) is 34.1 Å². The number of anilines is 1. The van der Waals surface area contributed by atoms with E-state index in [9.17, 15) is 13.2 Å². The predicted octanol–water partition coefficient (Wildman–Crippen LogP) is 3.49. The molecule has 1 aromatic carbocycles. The molecule has 1 fully saturated rings. The largest absolute Gasteiger partial charge is 0.486 e. The van der Waals surface area contributed by atoms with E-state index >= 15 is 0 Å². The Balaban J connectivity index is 1.53. The number of rotatable bonds is 11. The highest BCUT2D eigenvalue weighted by Crippen LogP contribution is 2.27. The quantitative estimate of drug-likeness (QED) is 0.364. The van der Waals surface area contributed by atoms with Crippen LogP contribution in [0.25, 0.3) is 5.69 Å². The number of hydrogen-bond donors (Lipinski definition) is 0. The first-order valence-corrected chi connectivity index (χ1v) is 13.9. The van der Waals surface area contributed by atoms with Crippen LogP contribution >= 0.6 is 0 Å². The number of ether oxygens (including phenoxy) is 1. The molecule has 0 aliphatic carbocycles. The fourth-order valence-electron chi connectivity index (χ4n) is 4.22. The lowest BCUT2D eigenvalue weighted by molar-refractivity contribution is 0.297. The lowest BCUT2D eigenvalue weighted by Gasteiger charge is -2.35. The third-order valence-corrected chi connectivity index (χ3v) is 8.05. The van der Waals surface area contributed by atoms with Crippen molar-refractivity contribution in [1.29, 1.82) is 0 Å². The summed E-state index contributed by atoms with van der Waals surface area (Å²) < 4.78 is 34.8. The Labute approximate surface area is 212 Å². The number of pyridine rings is 1. The second kappa shape index (κ2) is 12.1. The minimum absolute atomic E-state index is 0.0395. The summed E-state index contributed by atoms with van der Waals surface area (Å²) in [6, 6.07) is 14.1. The summed E-state index contributed by atoms with van der Waals surface area (Å²) >= 11 is 0. The Kier molecular flexibility index (Phi) is 8.71. The molecular weight excluding hydrogens is 478 g/mol. The van der Waals surface area contributed by atoms with Gasteiger partial charge in [-0.15, -0.1) is 0 Å². The van der Waals surface area contributed by atoms with Crippen LogP contribution in [-0.2, 0) is 10.0 Å².